The molecule has 0 fully saturated rings. The summed E-state index contributed by atoms with van der Waals surface area (Å²) in [5.41, 5.74) is 2.03. The molecule has 0 aliphatic rings. The van der Waals surface area contributed by atoms with Crippen LogP contribution in [0.5, 0.6) is 5.88 Å². The van der Waals surface area contributed by atoms with Crippen LogP contribution in [0.1, 0.15) is 5.56 Å². The number of aromatic amines is 1. The molecule has 19 heavy (non-hydrogen) atoms. The third-order valence-corrected chi connectivity index (χ3v) is 2.89. The Kier molecular flexibility index (Phi) is 3.23. The number of hydrogen-bond donors (Lipinski definition) is 1. The second-order valence-corrected chi connectivity index (χ2v) is 4.59. The van der Waals surface area contributed by atoms with Gasteiger partial charge in [0.1, 0.15) is 12.1 Å². The SMILES string of the molecule is Clc1cccc(COc2nc(Cl)nc3nc[nH]c23)c1. The van der Waals surface area contributed by atoms with Gasteiger partial charge in [0.15, 0.2) is 5.65 Å². The van der Waals surface area contributed by atoms with Crippen LogP contribution in [0, 0.1) is 0 Å². The average molecular weight is 295 g/mol. The molecule has 96 valence electrons. The molecule has 0 amide bonds. The Morgan fingerprint density at radius 3 is 2.95 bits per heavy atom. The lowest BCUT2D eigenvalue weighted by Crippen LogP contribution is -1.99. The summed E-state index contributed by atoms with van der Waals surface area (Å²) in [6.07, 6.45) is 1.52. The third kappa shape index (κ3) is 2.62. The molecule has 1 N–H and O–H groups in total. The number of benzene rings is 1. The molecule has 7 heteroatoms. The number of rotatable bonds is 3. The fourth-order valence-electron chi connectivity index (χ4n) is 1.66. The zero-order valence-electron chi connectivity index (χ0n) is 9.60. The molecular weight excluding hydrogens is 287 g/mol. The van der Waals surface area contributed by atoms with E-state index in [1.165, 1.54) is 6.33 Å². The number of fused-ring (bicyclic) bond motifs is 1. The van der Waals surface area contributed by atoms with Crippen molar-refractivity contribution >= 4 is 34.4 Å². The first-order valence-corrected chi connectivity index (χ1v) is 6.22. The number of H-pyrrole nitrogens is 1. The van der Waals surface area contributed by atoms with E-state index < -0.39 is 0 Å². The maximum absolute atomic E-state index is 5.91. The zero-order chi connectivity index (χ0) is 13.2. The minimum Gasteiger partial charge on any atom is -0.471 e. The third-order valence-electron chi connectivity index (χ3n) is 2.49. The summed E-state index contributed by atoms with van der Waals surface area (Å²) in [5, 5.41) is 0.759. The highest BCUT2D eigenvalue weighted by Gasteiger charge is 2.10. The normalized spacial score (nSPS) is 10.8. The first-order chi connectivity index (χ1) is 9.22. The predicted octanol–water partition coefficient (Wildman–Crippen LogP) is 3.24. The van der Waals surface area contributed by atoms with E-state index in [0.29, 0.717) is 28.7 Å². The highest BCUT2D eigenvalue weighted by atomic mass is 35.5. The topological polar surface area (TPSA) is 63.7 Å². The van der Waals surface area contributed by atoms with Crippen LogP contribution in [0.2, 0.25) is 10.3 Å². The van der Waals surface area contributed by atoms with Crippen molar-refractivity contribution in [3.63, 3.8) is 0 Å². The molecule has 0 spiro atoms. The molecule has 5 nitrogen and oxygen atoms in total. The summed E-state index contributed by atoms with van der Waals surface area (Å²) in [4.78, 5) is 14.9. The van der Waals surface area contributed by atoms with Gasteiger partial charge in [-0.3, -0.25) is 0 Å². The Morgan fingerprint density at radius 1 is 1.21 bits per heavy atom. The average Bonchev–Trinajstić information content (AvgIpc) is 2.84. The zero-order valence-corrected chi connectivity index (χ0v) is 11.1. The maximum atomic E-state index is 5.91. The molecule has 2 heterocycles. The molecule has 1 aromatic carbocycles. The Morgan fingerprint density at radius 2 is 2.11 bits per heavy atom. The number of imidazole rings is 1. The number of ether oxygens (including phenoxy) is 1. The molecule has 0 saturated carbocycles. The summed E-state index contributed by atoms with van der Waals surface area (Å²) in [6, 6.07) is 7.41. The second-order valence-electron chi connectivity index (χ2n) is 3.82. The van der Waals surface area contributed by atoms with Crippen molar-refractivity contribution in [2.24, 2.45) is 0 Å². The van der Waals surface area contributed by atoms with Crippen LogP contribution in [0.3, 0.4) is 0 Å². The van der Waals surface area contributed by atoms with Crippen LogP contribution >= 0.6 is 23.2 Å². The number of nitrogens with one attached hydrogen (secondary N) is 1. The highest BCUT2D eigenvalue weighted by molar-refractivity contribution is 6.30. The standard InChI is InChI=1S/C12H8Cl2N4O/c13-8-3-1-2-7(4-8)5-19-11-9-10(16-6-15-9)17-12(14)18-11/h1-4,6H,5H2,(H,15,16,17,18). The molecule has 0 bridgehead atoms. The fraction of sp³-hybridized carbons (Fsp3) is 0.0833. The van der Waals surface area contributed by atoms with Gasteiger partial charge in [0, 0.05) is 5.02 Å². The summed E-state index contributed by atoms with van der Waals surface area (Å²) >= 11 is 11.7. The van der Waals surface area contributed by atoms with E-state index in [-0.39, 0.29) is 5.28 Å². The number of hydrogen-bond acceptors (Lipinski definition) is 4. The molecular formula is C12H8Cl2N4O. The lowest BCUT2D eigenvalue weighted by Gasteiger charge is -2.06. The second kappa shape index (κ2) is 5.03. The van der Waals surface area contributed by atoms with E-state index in [1.807, 2.05) is 18.2 Å². The van der Waals surface area contributed by atoms with Crippen molar-refractivity contribution in [1.82, 2.24) is 19.9 Å². The molecule has 0 aliphatic carbocycles. The maximum Gasteiger partial charge on any atom is 0.244 e. The van der Waals surface area contributed by atoms with Gasteiger partial charge in [-0.15, -0.1) is 0 Å². The first-order valence-electron chi connectivity index (χ1n) is 5.46. The van der Waals surface area contributed by atoms with Crippen LogP contribution in [0.15, 0.2) is 30.6 Å². The van der Waals surface area contributed by atoms with Crippen molar-refractivity contribution < 1.29 is 4.74 Å². The van der Waals surface area contributed by atoms with E-state index in [1.54, 1.807) is 6.07 Å². The van der Waals surface area contributed by atoms with E-state index >= 15 is 0 Å². The minimum atomic E-state index is 0.0979. The van der Waals surface area contributed by atoms with E-state index in [9.17, 15) is 0 Å². The van der Waals surface area contributed by atoms with Gasteiger partial charge in [0.05, 0.1) is 6.33 Å². The number of halogens is 2. The van der Waals surface area contributed by atoms with Gasteiger partial charge >= 0.3 is 0 Å². The van der Waals surface area contributed by atoms with Gasteiger partial charge in [-0.25, -0.2) is 4.98 Å². The van der Waals surface area contributed by atoms with E-state index in [0.717, 1.165) is 5.56 Å². The lowest BCUT2D eigenvalue weighted by molar-refractivity contribution is 0.297. The smallest absolute Gasteiger partial charge is 0.244 e. The summed E-state index contributed by atoms with van der Waals surface area (Å²) in [7, 11) is 0. The fourth-order valence-corrected chi connectivity index (χ4v) is 2.03. The van der Waals surface area contributed by atoms with E-state index in [4.69, 9.17) is 27.9 Å². The molecule has 2 aromatic heterocycles. The molecule has 0 saturated heterocycles. The van der Waals surface area contributed by atoms with Crippen molar-refractivity contribution in [3.05, 3.63) is 46.5 Å². The Bertz CT molecular complexity index is 729. The molecule has 0 radical (unpaired) electrons. The molecule has 0 atom stereocenters. The van der Waals surface area contributed by atoms with Crippen LogP contribution < -0.4 is 4.74 Å². The largest absolute Gasteiger partial charge is 0.471 e. The number of nitrogens with zero attached hydrogens (tertiary/aromatic N) is 3. The van der Waals surface area contributed by atoms with Gasteiger partial charge < -0.3 is 9.72 Å². The minimum absolute atomic E-state index is 0.0979. The molecule has 0 aliphatic heterocycles. The summed E-state index contributed by atoms with van der Waals surface area (Å²) in [5.74, 6) is 0.368. The molecule has 3 rings (SSSR count). The van der Waals surface area contributed by atoms with Crippen LogP contribution in [0.25, 0.3) is 11.2 Å². The lowest BCUT2D eigenvalue weighted by atomic mass is 10.2. The van der Waals surface area contributed by atoms with Gasteiger partial charge in [0.2, 0.25) is 11.2 Å². The summed E-state index contributed by atoms with van der Waals surface area (Å²) in [6.45, 7) is 0.335. The van der Waals surface area contributed by atoms with Gasteiger partial charge in [-0.1, -0.05) is 23.7 Å². The molecule has 0 unspecified atom stereocenters. The Balaban J connectivity index is 1.87. The quantitative estimate of drug-likeness (QED) is 0.753. The first kappa shape index (κ1) is 12.2. The monoisotopic (exact) mass is 294 g/mol. The van der Waals surface area contributed by atoms with Gasteiger partial charge in [0.25, 0.3) is 0 Å². The Hall–Kier alpha value is -1.85. The van der Waals surface area contributed by atoms with Crippen LogP contribution in [-0.4, -0.2) is 19.9 Å². The highest BCUT2D eigenvalue weighted by Crippen LogP contribution is 2.22. The molecule has 3 aromatic rings. The van der Waals surface area contributed by atoms with Gasteiger partial charge in [-0.05, 0) is 29.3 Å². The van der Waals surface area contributed by atoms with Crippen LogP contribution in [-0.2, 0) is 6.61 Å². The van der Waals surface area contributed by atoms with Crippen molar-refractivity contribution in [3.8, 4) is 5.88 Å². The summed E-state index contributed by atoms with van der Waals surface area (Å²) < 4.78 is 5.63. The predicted molar refractivity (Wildman–Crippen MR) is 72.5 cm³/mol. The van der Waals surface area contributed by atoms with Gasteiger partial charge in [-0.2, -0.15) is 9.97 Å². The van der Waals surface area contributed by atoms with Crippen molar-refractivity contribution in [2.45, 2.75) is 6.61 Å². The number of aromatic nitrogens is 4. The van der Waals surface area contributed by atoms with Crippen molar-refractivity contribution in [2.75, 3.05) is 0 Å². The Labute approximate surface area is 118 Å². The van der Waals surface area contributed by atoms with E-state index in [2.05, 4.69) is 19.9 Å². The van der Waals surface area contributed by atoms with Crippen molar-refractivity contribution in [1.29, 1.82) is 0 Å². The van der Waals surface area contributed by atoms with Crippen LogP contribution in [0.4, 0.5) is 0 Å².